The van der Waals surface area contributed by atoms with E-state index in [2.05, 4.69) is 0 Å². The highest BCUT2D eigenvalue weighted by molar-refractivity contribution is 7.92. The zero-order valence-electron chi connectivity index (χ0n) is 12.0. The van der Waals surface area contributed by atoms with Crippen LogP contribution in [0, 0.1) is 0 Å². The number of rotatable bonds is 4. The number of sulfone groups is 1. The molecule has 1 aromatic heterocycles. The molecule has 0 N–H and O–H groups in total. The van der Waals surface area contributed by atoms with E-state index in [9.17, 15) is 13.2 Å². The quantitative estimate of drug-likeness (QED) is 0.814. The van der Waals surface area contributed by atoms with E-state index in [0.29, 0.717) is 12.1 Å². The fourth-order valence-corrected chi connectivity index (χ4v) is 3.06. The van der Waals surface area contributed by atoms with Crippen molar-refractivity contribution in [1.29, 1.82) is 0 Å². The van der Waals surface area contributed by atoms with Gasteiger partial charge in [0.15, 0.2) is 9.84 Å². The van der Waals surface area contributed by atoms with Crippen LogP contribution < -0.4 is 0 Å². The molecule has 0 fully saturated rings. The predicted molar refractivity (Wildman–Crippen MR) is 80.9 cm³/mol. The number of carbonyl (C=O) groups is 1. The summed E-state index contributed by atoms with van der Waals surface area (Å²) in [6.45, 7) is 5.56. The van der Waals surface area contributed by atoms with Crippen LogP contribution in [0.1, 0.15) is 31.1 Å². The van der Waals surface area contributed by atoms with Crippen molar-refractivity contribution in [2.45, 2.75) is 32.1 Å². The molecule has 0 saturated heterocycles. The molecule has 0 aliphatic rings. The Morgan fingerprint density at radius 1 is 1.20 bits per heavy atom. The first kappa shape index (κ1) is 14.8. The van der Waals surface area contributed by atoms with Crippen molar-refractivity contribution in [3.8, 4) is 0 Å². The van der Waals surface area contributed by atoms with Crippen LogP contribution in [-0.2, 0) is 16.4 Å². The van der Waals surface area contributed by atoms with Crippen molar-refractivity contribution >= 4 is 27.0 Å². The molecule has 2 rings (SSSR count). The van der Waals surface area contributed by atoms with Gasteiger partial charge in [0.05, 0.1) is 10.5 Å². The fourth-order valence-electron chi connectivity index (χ4n) is 2.01. The summed E-state index contributed by atoms with van der Waals surface area (Å²) in [6, 6.07) is 7.29. The number of aldehydes is 1. The molecule has 0 spiro atoms. The van der Waals surface area contributed by atoms with Crippen LogP contribution in [0.5, 0.6) is 0 Å². The van der Waals surface area contributed by atoms with E-state index in [1.54, 1.807) is 32.9 Å². The highest BCUT2D eigenvalue weighted by Crippen LogP contribution is 2.20. The Morgan fingerprint density at radius 3 is 2.50 bits per heavy atom. The van der Waals surface area contributed by atoms with Gasteiger partial charge in [0.25, 0.3) is 0 Å². The highest BCUT2D eigenvalue weighted by atomic mass is 32.2. The van der Waals surface area contributed by atoms with Crippen molar-refractivity contribution < 1.29 is 13.2 Å². The summed E-state index contributed by atoms with van der Waals surface area (Å²) in [7, 11) is -3.13. The Kier molecular flexibility index (Phi) is 3.73. The van der Waals surface area contributed by atoms with Crippen molar-refractivity contribution in [2.75, 3.05) is 5.75 Å². The first-order valence-corrected chi connectivity index (χ1v) is 8.16. The Labute approximate surface area is 119 Å². The molecule has 0 unspecified atom stereocenters. The summed E-state index contributed by atoms with van der Waals surface area (Å²) in [4.78, 5) is 10.7. The van der Waals surface area contributed by atoms with Gasteiger partial charge in [-0.05, 0) is 45.0 Å². The molecule has 4 nitrogen and oxygen atoms in total. The molecule has 0 aliphatic heterocycles. The summed E-state index contributed by atoms with van der Waals surface area (Å²) in [6.07, 6.45) is 2.66. The lowest BCUT2D eigenvalue weighted by Gasteiger charge is -2.19. The highest BCUT2D eigenvalue weighted by Gasteiger charge is 2.28. The smallest absolute Gasteiger partial charge is 0.156 e. The van der Waals surface area contributed by atoms with E-state index in [-0.39, 0.29) is 5.75 Å². The van der Waals surface area contributed by atoms with Gasteiger partial charge in [-0.25, -0.2) is 8.42 Å². The van der Waals surface area contributed by atoms with Crippen LogP contribution in [0.2, 0.25) is 0 Å². The van der Waals surface area contributed by atoms with E-state index in [1.165, 1.54) is 0 Å². The minimum atomic E-state index is -3.13. The van der Waals surface area contributed by atoms with Gasteiger partial charge in [-0.3, -0.25) is 4.79 Å². The third-order valence-electron chi connectivity index (χ3n) is 3.47. The van der Waals surface area contributed by atoms with E-state index in [4.69, 9.17) is 0 Å². The maximum absolute atomic E-state index is 12.1. The number of aromatic nitrogens is 1. The number of hydrogen-bond donors (Lipinski definition) is 0. The fraction of sp³-hybridized carbons (Fsp3) is 0.400. The van der Waals surface area contributed by atoms with Gasteiger partial charge in [-0.1, -0.05) is 0 Å². The second kappa shape index (κ2) is 5.05. The van der Waals surface area contributed by atoms with Crippen LogP contribution in [0.25, 0.3) is 10.9 Å². The topological polar surface area (TPSA) is 56.1 Å². The average molecular weight is 293 g/mol. The molecule has 2 aromatic rings. The molecule has 1 aromatic carbocycles. The third-order valence-corrected chi connectivity index (χ3v) is 6.05. The van der Waals surface area contributed by atoms with Gasteiger partial charge >= 0.3 is 0 Å². The lowest BCUT2D eigenvalue weighted by molar-refractivity contribution is 0.112. The van der Waals surface area contributed by atoms with Gasteiger partial charge < -0.3 is 4.57 Å². The molecule has 0 radical (unpaired) electrons. The van der Waals surface area contributed by atoms with E-state index >= 15 is 0 Å². The molecule has 0 amide bonds. The Bertz CT molecular complexity index is 736. The van der Waals surface area contributed by atoms with E-state index < -0.39 is 14.6 Å². The minimum Gasteiger partial charge on any atom is -0.346 e. The van der Waals surface area contributed by atoms with Crippen LogP contribution in [-0.4, -0.2) is 29.8 Å². The minimum absolute atomic E-state index is 0.107. The SMILES string of the molecule is CC(C)(C)S(=O)(=O)CCn1ccc2cc(C=O)ccc21. The molecule has 0 saturated carbocycles. The number of nitrogens with zero attached hydrogens (tertiary/aromatic N) is 1. The lowest BCUT2D eigenvalue weighted by Crippen LogP contribution is -2.31. The second-order valence-corrected chi connectivity index (χ2v) is 8.74. The van der Waals surface area contributed by atoms with Crippen molar-refractivity contribution in [2.24, 2.45) is 0 Å². The summed E-state index contributed by atoms with van der Waals surface area (Å²) >= 11 is 0. The first-order chi connectivity index (χ1) is 9.24. The van der Waals surface area contributed by atoms with E-state index in [1.807, 2.05) is 22.9 Å². The summed E-state index contributed by atoms with van der Waals surface area (Å²) < 4.78 is 25.4. The normalized spacial score (nSPS) is 12.8. The molecular formula is C15H19NO3S. The van der Waals surface area contributed by atoms with Crippen molar-refractivity contribution in [1.82, 2.24) is 4.57 Å². The first-order valence-electron chi connectivity index (χ1n) is 6.51. The summed E-state index contributed by atoms with van der Waals surface area (Å²) in [5.41, 5.74) is 1.57. The standard InChI is InChI=1S/C15H19NO3S/c1-15(2,3)20(18,19)9-8-16-7-6-13-10-12(11-17)4-5-14(13)16/h4-7,10-11H,8-9H2,1-3H3. The van der Waals surface area contributed by atoms with Crippen LogP contribution in [0.15, 0.2) is 30.5 Å². The molecule has 0 atom stereocenters. The molecule has 0 bridgehead atoms. The number of fused-ring (bicyclic) bond motifs is 1. The van der Waals surface area contributed by atoms with Crippen molar-refractivity contribution in [3.63, 3.8) is 0 Å². The van der Waals surface area contributed by atoms with Gasteiger partial charge in [-0.15, -0.1) is 0 Å². The number of aryl methyl sites for hydroxylation is 1. The molecule has 20 heavy (non-hydrogen) atoms. The van der Waals surface area contributed by atoms with Gasteiger partial charge in [0, 0.05) is 29.2 Å². The van der Waals surface area contributed by atoms with Crippen LogP contribution >= 0.6 is 0 Å². The van der Waals surface area contributed by atoms with Gasteiger partial charge in [0.1, 0.15) is 6.29 Å². The average Bonchev–Trinajstić information content (AvgIpc) is 2.77. The molecule has 108 valence electrons. The second-order valence-electron chi connectivity index (χ2n) is 5.88. The zero-order valence-corrected chi connectivity index (χ0v) is 12.8. The zero-order chi connectivity index (χ0) is 15.0. The van der Waals surface area contributed by atoms with Crippen molar-refractivity contribution in [3.05, 3.63) is 36.0 Å². The number of hydrogen-bond acceptors (Lipinski definition) is 3. The Balaban J connectivity index is 2.26. The van der Waals surface area contributed by atoms with Gasteiger partial charge in [-0.2, -0.15) is 0 Å². The maximum atomic E-state index is 12.1. The Hall–Kier alpha value is -1.62. The third kappa shape index (κ3) is 2.77. The molecular weight excluding hydrogens is 274 g/mol. The monoisotopic (exact) mass is 293 g/mol. The Morgan fingerprint density at radius 2 is 1.90 bits per heavy atom. The predicted octanol–water partition coefficient (Wildman–Crippen LogP) is 2.67. The van der Waals surface area contributed by atoms with Crippen LogP contribution in [0.4, 0.5) is 0 Å². The summed E-state index contributed by atoms with van der Waals surface area (Å²) in [5.74, 6) is 0.107. The van der Waals surface area contributed by atoms with E-state index in [0.717, 1.165) is 17.2 Å². The number of carbonyl (C=O) groups excluding carboxylic acids is 1. The molecule has 5 heteroatoms. The van der Waals surface area contributed by atoms with Gasteiger partial charge in [0.2, 0.25) is 0 Å². The lowest BCUT2D eigenvalue weighted by atomic mass is 10.2. The molecule has 1 heterocycles. The summed E-state index contributed by atoms with van der Waals surface area (Å²) in [5, 5.41) is 0.947. The largest absolute Gasteiger partial charge is 0.346 e. The van der Waals surface area contributed by atoms with Crippen LogP contribution in [0.3, 0.4) is 0 Å². The number of benzene rings is 1. The maximum Gasteiger partial charge on any atom is 0.156 e. The molecule has 0 aliphatic carbocycles.